The van der Waals surface area contributed by atoms with Crippen molar-refractivity contribution < 1.29 is 9.90 Å². The lowest BCUT2D eigenvalue weighted by atomic mass is 10.1. The van der Waals surface area contributed by atoms with E-state index < -0.39 is 6.10 Å². The van der Waals surface area contributed by atoms with Crippen LogP contribution in [0, 0.1) is 11.3 Å². The van der Waals surface area contributed by atoms with Gasteiger partial charge in [0.2, 0.25) is 5.91 Å². The summed E-state index contributed by atoms with van der Waals surface area (Å²) in [4.78, 5) is 14.8. The summed E-state index contributed by atoms with van der Waals surface area (Å²) < 4.78 is 0. The number of fused-ring (bicyclic) bond motifs is 1. The first-order chi connectivity index (χ1) is 9.13. The maximum absolute atomic E-state index is 12.0. The summed E-state index contributed by atoms with van der Waals surface area (Å²) in [5, 5.41) is 18.2. The third kappa shape index (κ3) is 3.09. The molecule has 0 aromatic heterocycles. The molecule has 1 atom stereocenters. The van der Waals surface area contributed by atoms with Crippen molar-refractivity contribution in [3.63, 3.8) is 0 Å². The van der Waals surface area contributed by atoms with Crippen molar-refractivity contribution in [3.05, 3.63) is 23.8 Å². The molecule has 0 saturated heterocycles. The van der Waals surface area contributed by atoms with Crippen LogP contribution in [0.5, 0.6) is 0 Å². The van der Waals surface area contributed by atoms with E-state index in [2.05, 4.69) is 6.07 Å². The average Bonchev–Trinajstić information content (AvgIpc) is 2.40. The molecule has 1 heterocycles. The molecular weight excluding hydrogens is 260 g/mol. The first-order valence-electron chi connectivity index (χ1n) is 6.25. The number of rotatable bonds is 4. The highest BCUT2D eigenvalue weighted by molar-refractivity contribution is 8.00. The lowest BCUT2D eigenvalue weighted by Gasteiger charge is -2.29. The molecule has 19 heavy (non-hydrogen) atoms. The predicted octanol–water partition coefficient (Wildman–Crippen LogP) is 2.48. The van der Waals surface area contributed by atoms with E-state index in [9.17, 15) is 9.90 Å². The first kappa shape index (κ1) is 13.9. The van der Waals surface area contributed by atoms with Gasteiger partial charge in [-0.1, -0.05) is 6.07 Å². The Morgan fingerprint density at radius 3 is 3.05 bits per heavy atom. The standard InChI is InChI=1S/C14H16N2O2S/c1-10(17)11-4-5-13-12(8-11)16(7-3-2-6-15)14(18)9-19-13/h4-5,8,10,17H,2-3,7,9H2,1H3. The van der Waals surface area contributed by atoms with E-state index in [1.807, 2.05) is 18.2 Å². The van der Waals surface area contributed by atoms with Crippen LogP contribution in [0.4, 0.5) is 5.69 Å². The third-order valence-corrected chi connectivity index (χ3v) is 4.13. The number of hydrogen-bond acceptors (Lipinski definition) is 4. The molecule has 0 radical (unpaired) electrons. The second kappa shape index (κ2) is 6.09. The number of nitrogens with zero attached hydrogens (tertiary/aromatic N) is 2. The number of benzene rings is 1. The quantitative estimate of drug-likeness (QED) is 0.858. The van der Waals surface area contributed by atoms with Crippen LogP contribution < -0.4 is 4.90 Å². The number of amides is 1. The molecule has 1 aliphatic heterocycles. The number of nitriles is 1. The van der Waals surface area contributed by atoms with E-state index in [1.165, 1.54) is 11.8 Å². The summed E-state index contributed by atoms with van der Waals surface area (Å²) in [5.41, 5.74) is 1.66. The predicted molar refractivity (Wildman–Crippen MR) is 75.0 cm³/mol. The Morgan fingerprint density at radius 1 is 1.58 bits per heavy atom. The Balaban J connectivity index is 2.28. The molecule has 1 aromatic rings. The molecule has 5 heteroatoms. The van der Waals surface area contributed by atoms with Gasteiger partial charge in [-0.15, -0.1) is 11.8 Å². The molecule has 2 rings (SSSR count). The molecular formula is C14H16N2O2S. The fraction of sp³-hybridized carbons (Fsp3) is 0.429. The highest BCUT2D eigenvalue weighted by Crippen LogP contribution is 2.37. The minimum Gasteiger partial charge on any atom is -0.389 e. The van der Waals surface area contributed by atoms with Gasteiger partial charge in [0.25, 0.3) is 0 Å². The lowest BCUT2D eigenvalue weighted by molar-refractivity contribution is -0.116. The van der Waals surface area contributed by atoms with Crippen LogP contribution in [-0.4, -0.2) is 23.3 Å². The Kier molecular flexibility index (Phi) is 4.46. The molecule has 4 nitrogen and oxygen atoms in total. The number of aliphatic hydroxyl groups is 1. The second-order valence-corrected chi connectivity index (χ2v) is 5.52. The maximum atomic E-state index is 12.0. The van der Waals surface area contributed by atoms with E-state index >= 15 is 0 Å². The van der Waals surface area contributed by atoms with Gasteiger partial charge in [0.15, 0.2) is 0 Å². The second-order valence-electron chi connectivity index (χ2n) is 4.50. The zero-order chi connectivity index (χ0) is 13.8. The fourth-order valence-corrected chi connectivity index (χ4v) is 2.96. The average molecular weight is 276 g/mol. The van der Waals surface area contributed by atoms with E-state index in [0.29, 0.717) is 25.1 Å². The highest BCUT2D eigenvalue weighted by Gasteiger charge is 2.24. The maximum Gasteiger partial charge on any atom is 0.237 e. The van der Waals surface area contributed by atoms with Crippen molar-refractivity contribution in [3.8, 4) is 6.07 Å². The van der Waals surface area contributed by atoms with Gasteiger partial charge in [0.05, 0.1) is 23.6 Å². The minimum atomic E-state index is -0.548. The zero-order valence-corrected chi connectivity index (χ0v) is 11.6. The molecule has 1 N–H and O–H groups in total. The summed E-state index contributed by atoms with van der Waals surface area (Å²) in [5.74, 6) is 0.506. The Labute approximate surface area is 117 Å². The zero-order valence-electron chi connectivity index (χ0n) is 10.8. The third-order valence-electron chi connectivity index (χ3n) is 3.08. The van der Waals surface area contributed by atoms with Crippen LogP contribution in [0.3, 0.4) is 0 Å². The van der Waals surface area contributed by atoms with E-state index in [0.717, 1.165) is 16.1 Å². The first-order valence-corrected chi connectivity index (χ1v) is 7.24. The number of unbranched alkanes of at least 4 members (excludes halogenated alkanes) is 1. The minimum absolute atomic E-state index is 0.0678. The molecule has 0 aliphatic carbocycles. The van der Waals surface area contributed by atoms with Gasteiger partial charge in [0.1, 0.15) is 0 Å². The van der Waals surface area contributed by atoms with Crippen LogP contribution in [0.1, 0.15) is 31.4 Å². The van der Waals surface area contributed by atoms with Crippen molar-refractivity contribution in [1.82, 2.24) is 0 Å². The van der Waals surface area contributed by atoms with Crippen molar-refractivity contribution in [2.75, 3.05) is 17.2 Å². The number of anilines is 1. The van der Waals surface area contributed by atoms with Crippen LogP contribution in [0.2, 0.25) is 0 Å². The summed E-state index contributed by atoms with van der Waals surface area (Å²) in [6.45, 7) is 2.27. The van der Waals surface area contributed by atoms with E-state index in [1.54, 1.807) is 11.8 Å². The molecule has 1 aliphatic rings. The van der Waals surface area contributed by atoms with Gasteiger partial charge in [0, 0.05) is 17.9 Å². The van der Waals surface area contributed by atoms with Crippen LogP contribution in [0.25, 0.3) is 0 Å². The van der Waals surface area contributed by atoms with Gasteiger partial charge >= 0.3 is 0 Å². The molecule has 0 spiro atoms. The van der Waals surface area contributed by atoms with Gasteiger partial charge < -0.3 is 10.0 Å². The molecule has 100 valence electrons. The van der Waals surface area contributed by atoms with Gasteiger partial charge in [-0.05, 0) is 31.0 Å². The van der Waals surface area contributed by atoms with E-state index in [4.69, 9.17) is 5.26 Å². The monoisotopic (exact) mass is 276 g/mol. The SMILES string of the molecule is CC(O)c1ccc2c(c1)N(CCCC#N)C(=O)CS2. The number of thioether (sulfide) groups is 1. The van der Waals surface area contributed by atoms with Crippen molar-refractivity contribution in [2.45, 2.75) is 30.8 Å². The number of carbonyl (C=O) groups excluding carboxylic acids is 1. The summed E-state index contributed by atoms with van der Waals surface area (Å²) in [6.07, 6.45) is 0.571. The summed E-state index contributed by atoms with van der Waals surface area (Å²) in [6, 6.07) is 7.80. The number of aliphatic hydroxyl groups excluding tert-OH is 1. The Hall–Kier alpha value is -1.51. The number of carbonyl (C=O) groups is 1. The van der Waals surface area contributed by atoms with Crippen molar-refractivity contribution in [2.24, 2.45) is 0 Å². The molecule has 1 amide bonds. The van der Waals surface area contributed by atoms with Crippen LogP contribution in [0.15, 0.2) is 23.1 Å². The Bertz CT molecular complexity index is 523. The van der Waals surface area contributed by atoms with Crippen LogP contribution >= 0.6 is 11.8 Å². The molecule has 1 unspecified atom stereocenters. The van der Waals surface area contributed by atoms with Gasteiger partial charge in [-0.2, -0.15) is 5.26 Å². The van der Waals surface area contributed by atoms with Crippen molar-refractivity contribution >= 4 is 23.4 Å². The summed E-state index contributed by atoms with van der Waals surface area (Å²) >= 11 is 1.52. The van der Waals surface area contributed by atoms with Crippen LogP contribution in [-0.2, 0) is 4.79 Å². The van der Waals surface area contributed by atoms with Crippen molar-refractivity contribution in [1.29, 1.82) is 5.26 Å². The molecule has 0 bridgehead atoms. The smallest absolute Gasteiger partial charge is 0.237 e. The largest absolute Gasteiger partial charge is 0.389 e. The normalized spacial score (nSPS) is 15.8. The number of hydrogen-bond donors (Lipinski definition) is 1. The van der Waals surface area contributed by atoms with Gasteiger partial charge in [-0.3, -0.25) is 4.79 Å². The lowest BCUT2D eigenvalue weighted by Crippen LogP contribution is -2.36. The highest BCUT2D eigenvalue weighted by atomic mass is 32.2. The molecule has 1 aromatic carbocycles. The van der Waals surface area contributed by atoms with E-state index in [-0.39, 0.29) is 5.91 Å². The topological polar surface area (TPSA) is 64.3 Å². The summed E-state index contributed by atoms with van der Waals surface area (Å²) in [7, 11) is 0. The fourth-order valence-electron chi connectivity index (χ4n) is 2.04. The molecule has 0 saturated carbocycles. The van der Waals surface area contributed by atoms with Gasteiger partial charge in [-0.25, -0.2) is 0 Å². The Morgan fingerprint density at radius 2 is 2.37 bits per heavy atom. The molecule has 0 fully saturated rings.